The normalized spacial score (nSPS) is 16.6. The molecule has 1 aromatic heterocycles. The molecule has 0 saturated heterocycles. The molecule has 1 aliphatic heterocycles. The fourth-order valence-corrected chi connectivity index (χ4v) is 5.09. The number of carbonyl (C=O) groups is 1. The molecular formula is C22H24N4O3S. The molecule has 3 N–H and O–H groups in total. The van der Waals surface area contributed by atoms with Crippen molar-refractivity contribution in [2.24, 2.45) is 5.73 Å². The van der Waals surface area contributed by atoms with Crippen LogP contribution in [-0.2, 0) is 21.2 Å². The zero-order valence-electron chi connectivity index (χ0n) is 16.9. The second-order valence-electron chi connectivity index (χ2n) is 7.67. The number of anilines is 2. The highest BCUT2D eigenvalue weighted by Crippen LogP contribution is 2.31. The van der Waals surface area contributed by atoms with Crippen molar-refractivity contribution in [1.82, 2.24) is 4.98 Å². The van der Waals surface area contributed by atoms with Crippen molar-refractivity contribution in [2.75, 3.05) is 22.5 Å². The first kappa shape index (κ1) is 20.3. The molecule has 0 bridgehead atoms. The summed E-state index contributed by atoms with van der Waals surface area (Å²) in [5, 5.41) is 3.71. The fraction of sp³-hybridized carbons (Fsp3) is 0.273. The predicted molar refractivity (Wildman–Crippen MR) is 118 cm³/mol. The zero-order chi connectivity index (χ0) is 21.5. The highest BCUT2D eigenvalue weighted by Gasteiger charge is 2.26. The number of nitrogens with one attached hydrogen (secondary N) is 1. The third-order valence-corrected chi connectivity index (χ3v) is 7.03. The van der Waals surface area contributed by atoms with Crippen LogP contribution in [0.1, 0.15) is 18.1 Å². The standard InChI is InChI=1S/C22H24N4O3S/c1-14-7-8-18-17(11-14)19(25-22(27)15(2)23)12-21(24-18)26-9-10-30(28,29)20-6-4-3-5-16(20)13-26/h3-8,11-12,15H,9-10,13,23H2,1-2H3,(H,24,25,27)/t15-/m0/s1. The van der Waals surface area contributed by atoms with Gasteiger partial charge in [-0.3, -0.25) is 4.79 Å². The molecule has 0 spiro atoms. The van der Waals surface area contributed by atoms with Crippen LogP contribution in [0.5, 0.6) is 0 Å². The Balaban J connectivity index is 1.81. The summed E-state index contributed by atoms with van der Waals surface area (Å²) in [5.41, 5.74) is 8.85. The summed E-state index contributed by atoms with van der Waals surface area (Å²) in [6.45, 7) is 4.32. The van der Waals surface area contributed by atoms with Crippen molar-refractivity contribution in [1.29, 1.82) is 0 Å². The number of nitrogens with zero attached hydrogens (tertiary/aromatic N) is 2. The fourth-order valence-electron chi connectivity index (χ4n) is 3.60. The Bertz CT molecular complexity index is 1240. The van der Waals surface area contributed by atoms with Crippen LogP contribution < -0.4 is 16.0 Å². The molecule has 4 rings (SSSR count). The minimum atomic E-state index is -3.36. The molecule has 0 aliphatic carbocycles. The van der Waals surface area contributed by atoms with Crippen LogP contribution in [0.25, 0.3) is 10.9 Å². The molecule has 1 atom stereocenters. The highest BCUT2D eigenvalue weighted by atomic mass is 32.2. The molecule has 3 aromatic rings. The van der Waals surface area contributed by atoms with E-state index in [4.69, 9.17) is 10.7 Å². The van der Waals surface area contributed by atoms with Gasteiger partial charge in [-0.15, -0.1) is 0 Å². The van der Waals surface area contributed by atoms with Gasteiger partial charge < -0.3 is 16.0 Å². The molecule has 2 aromatic carbocycles. The lowest BCUT2D eigenvalue weighted by atomic mass is 10.1. The molecular weight excluding hydrogens is 400 g/mol. The van der Waals surface area contributed by atoms with Crippen molar-refractivity contribution in [3.05, 3.63) is 59.7 Å². The summed E-state index contributed by atoms with van der Waals surface area (Å²) in [7, 11) is -3.36. The first-order chi connectivity index (χ1) is 14.2. The molecule has 8 heteroatoms. The van der Waals surface area contributed by atoms with E-state index in [1.54, 1.807) is 25.1 Å². The van der Waals surface area contributed by atoms with E-state index in [0.29, 0.717) is 29.5 Å². The Morgan fingerprint density at radius 3 is 2.73 bits per heavy atom. The maximum absolute atomic E-state index is 12.7. The number of nitrogens with two attached hydrogens (primary N) is 1. The summed E-state index contributed by atoms with van der Waals surface area (Å²) in [6, 6.07) is 14.0. The molecule has 0 unspecified atom stereocenters. The predicted octanol–water partition coefficient (Wildman–Crippen LogP) is 2.62. The Kier molecular flexibility index (Phi) is 5.21. The number of carbonyl (C=O) groups excluding carboxylic acids is 1. The lowest BCUT2D eigenvalue weighted by Crippen LogP contribution is -2.32. The smallest absolute Gasteiger partial charge is 0.241 e. The third kappa shape index (κ3) is 3.88. The number of pyridine rings is 1. The van der Waals surface area contributed by atoms with Gasteiger partial charge in [-0.05, 0) is 37.6 Å². The van der Waals surface area contributed by atoms with Gasteiger partial charge in [0.15, 0.2) is 9.84 Å². The van der Waals surface area contributed by atoms with Crippen LogP contribution in [0.2, 0.25) is 0 Å². The Labute approximate surface area is 175 Å². The van der Waals surface area contributed by atoms with Crippen LogP contribution in [0.15, 0.2) is 53.4 Å². The maximum Gasteiger partial charge on any atom is 0.241 e. The van der Waals surface area contributed by atoms with Gasteiger partial charge in [-0.2, -0.15) is 0 Å². The monoisotopic (exact) mass is 424 g/mol. The number of aromatic nitrogens is 1. The van der Waals surface area contributed by atoms with E-state index in [2.05, 4.69) is 5.32 Å². The second kappa shape index (κ2) is 7.70. The first-order valence-corrected chi connectivity index (χ1v) is 11.4. The van der Waals surface area contributed by atoms with E-state index in [0.717, 1.165) is 22.0 Å². The Morgan fingerprint density at radius 2 is 1.97 bits per heavy atom. The number of amides is 1. The number of aryl methyl sites for hydroxylation is 1. The number of hydrogen-bond donors (Lipinski definition) is 2. The van der Waals surface area contributed by atoms with Gasteiger partial charge in [0.05, 0.1) is 27.9 Å². The van der Waals surface area contributed by atoms with Crippen molar-refractivity contribution in [3.63, 3.8) is 0 Å². The highest BCUT2D eigenvalue weighted by molar-refractivity contribution is 7.91. The van der Waals surface area contributed by atoms with E-state index in [1.165, 1.54) is 0 Å². The Morgan fingerprint density at radius 1 is 1.20 bits per heavy atom. The van der Waals surface area contributed by atoms with Gasteiger partial charge in [0.2, 0.25) is 5.91 Å². The second-order valence-corrected chi connectivity index (χ2v) is 9.75. The SMILES string of the molecule is Cc1ccc2nc(N3CCS(=O)(=O)c4ccccc4C3)cc(NC(=O)[C@H](C)N)c2c1. The van der Waals surface area contributed by atoms with Crippen LogP contribution in [0.3, 0.4) is 0 Å². The number of sulfone groups is 1. The average Bonchev–Trinajstić information content (AvgIpc) is 2.84. The molecule has 0 fully saturated rings. The molecule has 2 heterocycles. The quantitative estimate of drug-likeness (QED) is 0.670. The summed E-state index contributed by atoms with van der Waals surface area (Å²) >= 11 is 0. The summed E-state index contributed by atoms with van der Waals surface area (Å²) in [5.74, 6) is 0.316. The Hall–Kier alpha value is -2.97. The molecule has 7 nitrogen and oxygen atoms in total. The number of rotatable bonds is 3. The minimum Gasteiger partial charge on any atom is -0.351 e. The number of fused-ring (bicyclic) bond motifs is 2. The maximum atomic E-state index is 12.7. The van der Waals surface area contributed by atoms with Gasteiger partial charge in [0.1, 0.15) is 5.82 Å². The molecule has 0 radical (unpaired) electrons. The van der Waals surface area contributed by atoms with Gasteiger partial charge >= 0.3 is 0 Å². The van der Waals surface area contributed by atoms with E-state index >= 15 is 0 Å². The van der Waals surface area contributed by atoms with E-state index in [1.807, 2.05) is 42.2 Å². The molecule has 30 heavy (non-hydrogen) atoms. The molecule has 156 valence electrons. The number of benzene rings is 2. The average molecular weight is 425 g/mol. The molecule has 0 saturated carbocycles. The van der Waals surface area contributed by atoms with Crippen molar-refractivity contribution in [2.45, 2.75) is 31.3 Å². The minimum absolute atomic E-state index is 0.000838. The number of hydrogen-bond acceptors (Lipinski definition) is 6. The van der Waals surface area contributed by atoms with Crippen LogP contribution in [-0.4, -0.2) is 37.6 Å². The van der Waals surface area contributed by atoms with Crippen LogP contribution >= 0.6 is 0 Å². The van der Waals surface area contributed by atoms with Crippen molar-refractivity contribution >= 4 is 38.2 Å². The van der Waals surface area contributed by atoms with Crippen molar-refractivity contribution < 1.29 is 13.2 Å². The van der Waals surface area contributed by atoms with Gasteiger partial charge in [-0.25, -0.2) is 13.4 Å². The topological polar surface area (TPSA) is 105 Å². The summed E-state index contributed by atoms with van der Waals surface area (Å²) in [6.07, 6.45) is 0. The zero-order valence-corrected chi connectivity index (χ0v) is 17.7. The van der Waals surface area contributed by atoms with E-state index in [-0.39, 0.29) is 11.7 Å². The van der Waals surface area contributed by atoms with Gasteiger partial charge in [0.25, 0.3) is 0 Å². The van der Waals surface area contributed by atoms with Crippen LogP contribution in [0, 0.1) is 6.92 Å². The summed E-state index contributed by atoms with van der Waals surface area (Å²) < 4.78 is 25.4. The van der Waals surface area contributed by atoms with E-state index in [9.17, 15) is 13.2 Å². The summed E-state index contributed by atoms with van der Waals surface area (Å²) in [4.78, 5) is 19.4. The largest absolute Gasteiger partial charge is 0.351 e. The first-order valence-electron chi connectivity index (χ1n) is 9.78. The van der Waals surface area contributed by atoms with Crippen LogP contribution in [0.4, 0.5) is 11.5 Å². The molecule has 1 amide bonds. The van der Waals surface area contributed by atoms with Gasteiger partial charge in [-0.1, -0.05) is 29.8 Å². The molecule has 1 aliphatic rings. The van der Waals surface area contributed by atoms with Crippen molar-refractivity contribution in [3.8, 4) is 0 Å². The van der Waals surface area contributed by atoms with Gasteiger partial charge in [0, 0.05) is 24.5 Å². The van der Waals surface area contributed by atoms with E-state index < -0.39 is 15.9 Å². The lowest BCUT2D eigenvalue weighted by molar-refractivity contribution is -0.117. The lowest BCUT2D eigenvalue weighted by Gasteiger charge is -2.23. The third-order valence-electron chi connectivity index (χ3n) is 5.24.